The summed E-state index contributed by atoms with van der Waals surface area (Å²) in [5, 5.41) is 0. The molecule has 2 aliphatic heterocycles. The van der Waals surface area contributed by atoms with Crippen LogP contribution in [0.2, 0.25) is 0 Å². The molecule has 0 bridgehead atoms. The molecule has 3 aliphatic rings. The molecule has 2 saturated heterocycles. The summed E-state index contributed by atoms with van der Waals surface area (Å²) in [6.45, 7) is 6.43. The molecular weight excluding hydrogens is 364 g/mol. The summed E-state index contributed by atoms with van der Waals surface area (Å²) in [5.74, 6) is 0.825. The molecule has 29 heavy (non-hydrogen) atoms. The summed E-state index contributed by atoms with van der Waals surface area (Å²) in [4.78, 5) is 29.9. The van der Waals surface area contributed by atoms with Crippen molar-refractivity contribution in [1.82, 2.24) is 9.80 Å². The molecule has 1 spiro atoms. The van der Waals surface area contributed by atoms with Gasteiger partial charge in [-0.15, -0.1) is 0 Å². The molecule has 4 rings (SSSR count). The van der Waals surface area contributed by atoms with Gasteiger partial charge in [0.1, 0.15) is 0 Å². The van der Waals surface area contributed by atoms with Crippen molar-refractivity contribution >= 4 is 11.8 Å². The van der Waals surface area contributed by atoms with Gasteiger partial charge >= 0.3 is 0 Å². The van der Waals surface area contributed by atoms with Crippen LogP contribution in [0.4, 0.5) is 0 Å². The first-order valence-electron chi connectivity index (χ1n) is 11.3. The lowest BCUT2D eigenvalue weighted by molar-refractivity contribution is -0.148. The maximum atomic E-state index is 13.3. The van der Waals surface area contributed by atoms with E-state index in [1.165, 1.54) is 0 Å². The van der Waals surface area contributed by atoms with Crippen molar-refractivity contribution in [3.05, 3.63) is 35.9 Å². The number of hydrogen-bond donors (Lipinski definition) is 0. The third kappa shape index (κ3) is 4.66. The second kappa shape index (κ2) is 8.47. The Bertz CT molecular complexity index is 721. The van der Waals surface area contributed by atoms with Crippen molar-refractivity contribution < 1.29 is 14.3 Å². The normalized spacial score (nSPS) is 24.0. The fraction of sp³-hybridized carbons (Fsp3) is 0.667. The van der Waals surface area contributed by atoms with Gasteiger partial charge in [0.05, 0.1) is 5.60 Å². The Hall–Kier alpha value is -1.88. The summed E-state index contributed by atoms with van der Waals surface area (Å²) in [6, 6.07) is 10.3. The van der Waals surface area contributed by atoms with Gasteiger partial charge in [-0.05, 0) is 56.6 Å². The Balaban J connectivity index is 1.42. The Kier molecular flexibility index (Phi) is 5.95. The van der Waals surface area contributed by atoms with Crippen molar-refractivity contribution in [2.75, 3.05) is 19.7 Å². The Labute approximate surface area is 174 Å². The molecule has 3 fully saturated rings. The molecule has 1 atom stereocenters. The second-order valence-electron chi connectivity index (χ2n) is 9.47. The number of ether oxygens (including phenoxy) is 1. The molecule has 0 aromatic heterocycles. The van der Waals surface area contributed by atoms with E-state index in [0.717, 1.165) is 57.2 Å². The van der Waals surface area contributed by atoms with Crippen LogP contribution >= 0.6 is 0 Å². The van der Waals surface area contributed by atoms with Gasteiger partial charge in [-0.25, -0.2) is 0 Å². The molecule has 2 amide bonds. The predicted molar refractivity (Wildman–Crippen MR) is 113 cm³/mol. The number of benzene rings is 1. The molecule has 158 valence electrons. The molecule has 1 aliphatic carbocycles. The van der Waals surface area contributed by atoms with Crippen LogP contribution in [0.5, 0.6) is 0 Å². The van der Waals surface area contributed by atoms with Crippen LogP contribution in [-0.2, 0) is 9.53 Å². The Morgan fingerprint density at radius 2 is 1.79 bits per heavy atom. The highest BCUT2D eigenvalue weighted by molar-refractivity contribution is 5.94. The highest BCUT2D eigenvalue weighted by atomic mass is 16.5. The number of piperidine rings is 1. The van der Waals surface area contributed by atoms with E-state index in [1.807, 2.05) is 35.2 Å². The minimum absolute atomic E-state index is 0.166. The van der Waals surface area contributed by atoms with E-state index in [9.17, 15) is 9.59 Å². The van der Waals surface area contributed by atoms with E-state index >= 15 is 0 Å². The fourth-order valence-electron chi connectivity index (χ4n) is 4.94. The van der Waals surface area contributed by atoms with Crippen LogP contribution in [0.3, 0.4) is 0 Å². The average Bonchev–Trinajstić information content (AvgIpc) is 3.54. The first-order chi connectivity index (χ1) is 14.0. The van der Waals surface area contributed by atoms with Crippen LogP contribution in [0.25, 0.3) is 0 Å². The molecule has 2 heterocycles. The minimum Gasteiger partial charge on any atom is -0.375 e. The lowest BCUT2D eigenvalue weighted by Crippen LogP contribution is -2.55. The number of amides is 2. The van der Waals surface area contributed by atoms with Gasteiger partial charge < -0.3 is 14.5 Å². The lowest BCUT2D eigenvalue weighted by Gasteiger charge is -2.48. The summed E-state index contributed by atoms with van der Waals surface area (Å²) in [6.07, 6.45) is 6.41. The van der Waals surface area contributed by atoms with Crippen LogP contribution in [0, 0.1) is 5.92 Å². The number of rotatable bonds is 5. The second-order valence-corrected chi connectivity index (χ2v) is 9.47. The number of nitrogens with zero attached hydrogens (tertiary/aromatic N) is 2. The molecular formula is C24H34N2O3. The molecule has 0 N–H and O–H groups in total. The average molecular weight is 399 g/mol. The Morgan fingerprint density at radius 1 is 1.10 bits per heavy atom. The SMILES string of the molecule is CC(C)CC(=O)N1CCC2(CC1)CC(N(C(=O)c1ccccc1)C1CC1)CCO2. The molecule has 5 nitrogen and oxygen atoms in total. The van der Waals surface area contributed by atoms with Gasteiger partial charge in [-0.1, -0.05) is 32.0 Å². The predicted octanol–water partition coefficient (Wildman–Crippen LogP) is 3.88. The zero-order valence-corrected chi connectivity index (χ0v) is 17.8. The highest BCUT2D eigenvalue weighted by Gasteiger charge is 2.46. The summed E-state index contributed by atoms with van der Waals surface area (Å²) in [5.41, 5.74) is 0.607. The quantitative estimate of drug-likeness (QED) is 0.756. The molecule has 1 unspecified atom stereocenters. The number of carbonyl (C=O) groups excluding carboxylic acids is 2. The van der Waals surface area contributed by atoms with Gasteiger partial charge in [0.25, 0.3) is 5.91 Å². The van der Waals surface area contributed by atoms with Crippen molar-refractivity contribution in [3.63, 3.8) is 0 Å². The van der Waals surface area contributed by atoms with Crippen molar-refractivity contribution in [2.45, 2.75) is 76.5 Å². The third-order valence-corrected chi connectivity index (χ3v) is 6.67. The number of likely N-dealkylation sites (tertiary alicyclic amines) is 1. The maximum absolute atomic E-state index is 13.3. The lowest BCUT2D eigenvalue weighted by atomic mass is 9.81. The number of carbonyl (C=O) groups is 2. The highest BCUT2D eigenvalue weighted by Crippen LogP contribution is 2.40. The van der Waals surface area contributed by atoms with Crippen LogP contribution in [0.15, 0.2) is 30.3 Å². The summed E-state index contributed by atoms with van der Waals surface area (Å²) >= 11 is 0. The molecule has 1 saturated carbocycles. The van der Waals surface area contributed by atoms with Crippen molar-refractivity contribution in [1.29, 1.82) is 0 Å². The van der Waals surface area contributed by atoms with E-state index in [-0.39, 0.29) is 23.5 Å². The Morgan fingerprint density at radius 3 is 2.41 bits per heavy atom. The summed E-state index contributed by atoms with van der Waals surface area (Å²) in [7, 11) is 0. The van der Waals surface area contributed by atoms with E-state index in [0.29, 0.717) is 25.0 Å². The maximum Gasteiger partial charge on any atom is 0.254 e. The van der Waals surface area contributed by atoms with Gasteiger partial charge in [0.15, 0.2) is 0 Å². The molecule has 1 aromatic carbocycles. The first kappa shape index (κ1) is 20.4. The summed E-state index contributed by atoms with van der Waals surface area (Å²) < 4.78 is 6.31. The van der Waals surface area contributed by atoms with Crippen molar-refractivity contribution in [2.24, 2.45) is 5.92 Å². The first-order valence-corrected chi connectivity index (χ1v) is 11.3. The molecule has 0 radical (unpaired) electrons. The fourth-order valence-corrected chi connectivity index (χ4v) is 4.94. The van der Waals surface area contributed by atoms with Gasteiger partial charge in [0, 0.05) is 43.8 Å². The van der Waals surface area contributed by atoms with E-state index in [4.69, 9.17) is 4.74 Å². The van der Waals surface area contributed by atoms with Crippen LogP contribution in [-0.4, -0.2) is 59.0 Å². The number of hydrogen-bond acceptors (Lipinski definition) is 3. The van der Waals surface area contributed by atoms with E-state index < -0.39 is 0 Å². The van der Waals surface area contributed by atoms with Gasteiger partial charge in [-0.2, -0.15) is 0 Å². The van der Waals surface area contributed by atoms with E-state index in [2.05, 4.69) is 18.7 Å². The van der Waals surface area contributed by atoms with Gasteiger partial charge in [-0.3, -0.25) is 9.59 Å². The van der Waals surface area contributed by atoms with Gasteiger partial charge in [0.2, 0.25) is 5.91 Å². The van der Waals surface area contributed by atoms with Crippen molar-refractivity contribution in [3.8, 4) is 0 Å². The third-order valence-electron chi connectivity index (χ3n) is 6.67. The zero-order valence-electron chi connectivity index (χ0n) is 17.8. The molecule has 5 heteroatoms. The topological polar surface area (TPSA) is 49.9 Å². The smallest absolute Gasteiger partial charge is 0.254 e. The van der Waals surface area contributed by atoms with Crippen LogP contribution < -0.4 is 0 Å². The zero-order chi connectivity index (χ0) is 20.4. The molecule has 1 aromatic rings. The monoisotopic (exact) mass is 398 g/mol. The minimum atomic E-state index is -0.179. The largest absolute Gasteiger partial charge is 0.375 e. The van der Waals surface area contributed by atoms with Crippen LogP contribution in [0.1, 0.15) is 69.2 Å². The standard InChI is InChI=1S/C24H34N2O3/c1-18(2)16-22(27)25-13-11-24(12-14-25)17-21(10-15-29-24)26(20-8-9-20)23(28)19-6-4-3-5-7-19/h3-7,18,20-21H,8-17H2,1-2H3. The van der Waals surface area contributed by atoms with E-state index in [1.54, 1.807) is 0 Å².